The van der Waals surface area contributed by atoms with Gasteiger partial charge in [-0.2, -0.15) is 0 Å². The van der Waals surface area contributed by atoms with Crippen molar-refractivity contribution in [3.8, 4) is 11.3 Å². The molecule has 19 heavy (non-hydrogen) atoms. The van der Waals surface area contributed by atoms with Crippen molar-refractivity contribution in [3.63, 3.8) is 0 Å². The van der Waals surface area contributed by atoms with E-state index in [9.17, 15) is 4.79 Å². The highest BCUT2D eigenvalue weighted by Crippen LogP contribution is 2.21. The minimum Gasteiger partial charge on any atom is -0.339 e. The van der Waals surface area contributed by atoms with Crippen LogP contribution in [0.5, 0.6) is 0 Å². The summed E-state index contributed by atoms with van der Waals surface area (Å²) >= 11 is 5.97. The van der Waals surface area contributed by atoms with Crippen LogP contribution in [-0.4, -0.2) is 9.97 Å². The van der Waals surface area contributed by atoms with E-state index in [4.69, 9.17) is 11.6 Å². The molecular weight excluding hydrogens is 260 g/mol. The van der Waals surface area contributed by atoms with Gasteiger partial charge in [0, 0.05) is 16.8 Å². The molecule has 1 N–H and O–H groups in total. The number of hydrogen-bond acceptors (Lipinski definition) is 2. The van der Waals surface area contributed by atoms with Crippen LogP contribution in [0.2, 0.25) is 5.02 Å². The zero-order valence-electron chi connectivity index (χ0n) is 10.3. The highest BCUT2D eigenvalue weighted by molar-refractivity contribution is 6.30. The van der Waals surface area contributed by atoms with Gasteiger partial charge in [0.2, 0.25) is 0 Å². The van der Waals surface area contributed by atoms with Crippen molar-refractivity contribution in [2.45, 2.75) is 6.92 Å². The van der Waals surface area contributed by atoms with E-state index in [1.165, 1.54) is 0 Å². The number of pyridine rings is 2. The molecular formula is C15H11ClN2O. The zero-order valence-corrected chi connectivity index (χ0v) is 11.0. The molecule has 0 spiro atoms. The number of rotatable bonds is 1. The number of H-pyrrole nitrogens is 1. The normalized spacial score (nSPS) is 10.8. The lowest BCUT2D eigenvalue weighted by atomic mass is 10.1. The monoisotopic (exact) mass is 270 g/mol. The van der Waals surface area contributed by atoms with Gasteiger partial charge in [0.05, 0.1) is 11.1 Å². The molecule has 0 bridgehead atoms. The maximum atomic E-state index is 12.1. The average molecular weight is 271 g/mol. The van der Waals surface area contributed by atoms with Crippen molar-refractivity contribution in [2.75, 3.05) is 0 Å². The molecule has 1 aromatic carbocycles. The molecule has 94 valence electrons. The second-order valence-electron chi connectivity index (χ2n) is 4.41. The van der Waals surface area contributed by atoms with Crippen LogP contribution in [0.25, 0.3) is 22.3 Å². The summed E-state index contributed by atoms with van der Waals surface area (Å²) in [5.41, 5.74) is 3.01. The number of aryl methyl sites for hydroxylation is 1. The maximum Gasteiger partial charge on any atom is 0.191 e. The first kappa shape index (κ1) is 11.9. The number of aromatic nitrogens is 2. The molecule has 2 heterocycles. The van der Waals surface area contributed by atoms with Gasteiger partial charge in [-0.3, -0.25) is 4.79 Å². The van der Waals surface area contributed by atoms with Gasteiger partial charge in [0.1, 0.15) is 5.65 Å². The van der Waals surface area contributed by atoms with Crippen LogP contribution >= 0.6 is 11.6 Å². The summed E-state index contributed by atoms with van der Waals surface area (Å²) in [5.74, 6) is 0. The lowest BCUT2D eigenvalue weighted by molar-refractivity contribution is 1.20. The number of nitrogens with zero attached hydrogens (tertiary/aromatic N) is 1. The third-order valence-corrected chi connectivity index (χ3v) is 3.20. The van der Waals surface area contributed by atoms with E-state index in [0.717, 1.165) is 17.0 Å². The molecule has 0 aliphatic heterocycles. The Balaban J connectivity index is 2.28. The second-order valence-corrected chi connectivity index (χ2v) is 4.84. The topological polar surface area (TPSA) is 45.8 Å². The van der Waals surface area contributed by atoms with E-state index in [2.05, 4.69) is 9.97 Å². The van der Waals surface area contributed by atoms with Crippen LogP contribution < -0.4 is 5.43 Å². The largest absolute Gasteiger partial charge is 0.339 e. The van der Waals surface area contributed by atoms with Crippen molar-refractivity contribution in [3.05, 3.63) is 63.4 Å². The summed E-state index contributed by atoms with van der Waals surface area (Å²) in [5, 5.41) is 1.23. The van der Waals surface area contributed by atoms with E-state index in [1.54, 1.807) is 18.2 Å². The predicted molar refractivity (Wildman–Crippen MR) is 77.5 cm³/mol. The number of halogens is 1. The van der Waals surface area contributed by atoms with Crippen molar-refractivity contribution >= 4 is 22.6 Å². The van der Waals surface area contributed by atoms with Gasteiger partial charge in [0.25, 0.3) is 0 Å². The van der Waals surface area contributed by atoms with Gasteiger partial charge in [-0.05, 0) is 36.8 Å². The Bertz CT molecular complexity index is 824. The molecule has 0 aliphatic carbocycles. The Hall–Kier alpha value is -2.13. The first-order chi connectivity index (χ1) is 9.13. The molecule has 0 saturated carbocycles. The lowest BCUT2D eigenvalue weighted by Gasteiger charge is -2.05. The first-order valence-electron chi connectivity index (χ1n) is 5.90. The van der Waals surface area contributed by atoms with Crippen LogP contribution in [-0.2, 0) is 0 Å². The quantitative estimate of drug-likeness (QED) is 0.735. The molecule has 4 heteroatoms. The highest BCUT2D eigenvalue weighted by Gasteiger charge is 2.05. The molecule has 0 saturated heterocycles. The van der Waals surface area contributed by atoms with Crippen LogP contribution in [0.15, 0.2) is 47.3 Å². The fourth-order valence-corrected chi connectivity index (χ4v) is 2.23. The number of aromatic amines is 1. The van der Waals surface area contributed by atoms with Crippen LogP contribution in [0, 0.1) is 6.92 Å². The maximum absolute atomic E-state index is 12.1. The Morgan fingerprint density at radius 1 is 1.16 bits per heavy atom. The van der Waals surface area contributed by atoms with E-state index in [-0.39, 0.29) is 5.43 Å². The predicted octanol–water partition coefficient (Wildman–Crippen LogP) is 3.55. The van der Waals surface area contributed by atoms with E-state index < -0.39 is 0 Å². The van der Waals surface area contributed by atoms with Crippen LogP contribution in [0.4, 0.5) is 0 Å². The standard InChI is InChI=1S/C15H11ClN2O/c1-9-5-6-12-14(19)8-13(18-15(12)17-9)10-3-2-4-11(16)7-10/h2-8H,1H3,(H,17,18,19). The van der Waals surface area contributed by atoms with Gasteiger partial charge in [-0.15, -0.1) is 0 Å². The summed E-state index contributed by atoms with van der Waals surface area (Å²) in [6.45, 7) is 1.89. The molecule has 3 nitrogen and oxygen atoms in total. The zero-order chi connectivity index (χ0) is 13.4. The molecule has 3 rings (SSSR count). The third-order valence-electron chi connectivity index (χ3n) is 2.96. The number of benzene rings is 1. The average Bonchev–Trinajstić information content (AvgIpc) is 2.38. The lowest BCUT2D eigenvalue weighted by Crippen LogP contribution is -2.04. The SMILES string of the molecule is Cc1ccc2c(=O)cc(-c3cccc(Cl)c3)[nH]c2n1. The molecule has 0 radical (unpaired) electrons. The Morgan fingerprint density at radius 2 is 2.00 bits per heavy atom. The molecule has 0 amide bonds. The van der Waals surface area contributed by atoms with Crippen LogP contribution in [0.3, 0.4) is 0 Å². The van der Waals surface area contributed by atoms with Gasteiger partial charge in [0.15, 0.2) is 5.43 Å². The fraction of sp³-hybridized carbons (Fsp3) is 0.0667. The number of fused-ring (bicyclic) bond motifs is 1. The van der Waals surface area contributed by atoms with Crippen molar-refractivity contribution in [1.29, 1.82) is 0 Å². The smallest absolute Gasteiger partial charge is 0.191 e. The van der Waals surface area contributed by atoms with Gasteiger partial charge in [-0.25, -0.2) is 4.98 Å². The Kier molecular flexibility index (Phi) is 2.84. The van der Waals surface area contributed by atoms with Crippen molar-refractivity contribution < 1.29 is 0 Å². The first-order valence-corrected chi connectivity index (χ1v) is 6.28. The summed E-state index contributed by atoms with van der Waals surface area (Å²) in [6, 6.07) is 12.6. The number of hydrogen-bond donors (Lipinski definition) is 1. The molecule has 0 atom stereocenters. The molecule has 0 unspecified atom stereocenters. The van der Waals surface area contributed by atoms with Crippen molar-refractivity contribution in [1.82, 2.24) is 9.97 Å². The Labute approximate surface area is 114 Å². The van der Waals surface area contributed by atoms with E-state index in [1.807, 2.05) is 31.2 Å². The molecule has 0 fully saturated rings. The number of nitrogens with one attached hydrogen (secondary N) is 1. The summed E-state index contributed by atoms with van der Waals surface area (Å²) < 4.78 is 0. The minimum absolute atomic E-state index is 0.0452. The van der Waals surface area contributed by atoms with E-state index in [0.29, 0.717) is 16.1 Å². The summed E-state index contributed by atoms with van der Waals surface area (Å²) in [6.07, 6.45) is 0. The van der Waals surface area contributed by atoms with Crippen molar-refractivity contribution in [2.24, 2.45) is 0 Å². The summed E-state index contributed by atoms with van der Waals surface area (Å²) in [4.78, 5) is 19.6. The molecule has 2 aromatic heterocycles. The minimum atomic E-state index is -0.0452. The summed E-state index contributed by atoms with van der Waals surface area (Å²) in [7, 11) is 0. The van der Waals surface area contributed by atoms with Crippen LogP contribution in [0.1, 0.15) is 5.69 Å². The highest BCUT2D eigenvalue weighted by atomic mass is 35.5. The van der Waals surface area contributed by atoms with Gasteiger partial charge < -0.3 is 4.98 Å². The fourth-order valence-electron chi connectivity index (χ4n) is 2.03. The Morgan fingerprint density at radius 3 is 2.79 bits per heavy atom. The molecule has 3 aromatic rings. The van der Waals surface area contributed by atoms with E-state index >= 15 is 0 Å². The third kappa shape index (κ3) is 2.25. The van der Waals surface area contributed by atoms with Gasteiger partial charge in [-0.1, -0.05) is 23.7 Å². The van der Waals surface area contributed by atoms with Gasteiger partial charge >= 0.3 is 0 Å². The second kappa shape index (κ2) is 4.52. The molecule has 0 aliphatic rings.